The van der Waals surface area contributed by atoms with Gasteiger partial charge in [-0.15, -0.1) is 0 Å². The second kappa shape index (κ2) is 4.00. The van der Waals surface area contributed by atoms with Crippen LogP contribution in [0, 0.1) is 0 Å². The average molecular weight is 218 g/mol. The van der Waals surface area contributed by atoms with E-state index in [2.05, 4.69) is 0 Å². The number of hydrogen-bond acceptors (Lipinski definition) is 3. The lowest BCUT2D eigenvalue weighted by Gasteiger charge is -2.06. The largest absolute Gasteiger partial charge is 0.504 e. The molecule has 0 unspecified atom stereocenters. The van der Waals surface area contributed by atoms with E-state index in [0.29, 0.717) is 5.56 Å². The molecule has 0 aromatic heterocycles. The summed E-state index contributed by atoms with van der Waals surface area (Å²) in [5, 5.41) is 18.4. The molecule has 0 aliphatic rings. The van der Waals surface area contributed by atoms with Crippen molar-refractivity contribution in [3.8, 4) is 11.5 Å². The fourth-order valence-corrected chi connectivity index (χ4v) is 1.58. The molecule has 1 rings (SSSR count). The van der Waals surface area contributed by atoms with Gasteiger partial charge in [-0.2, -0.15) is 0 Å². The number of aryl methyl sites for hydroxylation is 1. The maximum absolute atomic E-state index is 10.6. The summed E-state index contributed by atoms with van der Waals surface area (Å²) in [6, 6.07) is 4.31. The molecule has 78 valence electrons. The van der Waals surface area contributed by atoms with Crippen molar-refractivity contribution in [2.24, 2.45) is 0 Å². The molecule has 0 atom stereocenters. The first-order valence-electron chi connectivity index (χ1n) is 3.94. The van der Waals surface area contributed by atoms with Crippen molar-refractivity contribution in [3.05, 3.63) is 23.8 Å². The van der Waals surface area contributed by atoms with Gasteiger partial charge in [0.15, 0.2) is 11.5 Å². The van der Waals surface area contributed by atoms with Crippen molar-refractivity contribution in [1.29, 1.82) is 0 Å². The van der Waals surface area contributed by atoms with Crippen LogP contribution in [0.2, 0.25) is 0 Å². The molecule has 0 radical (unpaired) electrons. The molecule has 0 saturated heterocycles. The summed E-state index contributed by atoms with van der Waals surface area (Å²) in [4.78, 5) is 17.2. The minimum Gasteiger partial charge on any atom is -0.504 e. The standard InChI is InChI=1S/C8H11O5P/c9-7-3-1-2-6(8(7)10)4-5-14(11,12)13/h1-3,9-10H,4-5H2,(H2,11,12,13). The Morgan fingerprint density at radius 1 is 1.21 bits per heavy atom. The highest BCUT2D eigenvalue weighted by molar-refractivity contribution is 7.51. The van der Waals surface area contributed by atoms with Gasteiger partial charge in [0.25, 0.3) is 0 Å². The fourth-order valence-electron chi connectivity index (χ4n) is 1.05. The first kappa shape index (κ1) is 11.0. The molecule has 0 saturated carbocycles. The zero-order chi connectivity index (χ0) is 10.8. The summed E-state index contributed by atoms with van der Waals surface area (Å²) in [5.74, 6) is -0.603. The van der Waals surface area contributed by atoms with E-state index in [9.17, 15) is 9.67 Å². The van der Waals surface area contributed by atoms with E-state index in [1.807, 2.05) is 0 Å². The normalized spacial score (nSPS) is 11.6. The van der Waals surface area contributed by atoms with Gasteiger partial charge in [0, 0.05) is 0 Å². The highest BCUT2D eigenvalue weighted by Gasteiger charge is 2.14. The minimum absolute atomic E-state index is 0.0323. The van der Waals surface area contributed by atoms with Crippen molar-refractivity contribution in [1.82, 2.24) is 0 Å². The summed E-state index contributed by atoms with van der Waals surface area (Å²) in [6.07, 6.45) is -0.311. The Bertz CT molecular complexity index is 370. The molecule has 1 aromatic rings. The Hall–Kier alpha value is -1.03. The lowest BCUT2D eigenvalue weighted by molar-refractivity contribution is 0.371. The molecule has 1 aromatic carbocycles. The molecule has 0 aliphatic carbocycles. The highest BCUT2D eigenvalue weighted by atomic mass is 31.2. The molecule has 14 heavy (non-hydrogen) atoms. The summed E-state index contributed by atoms with van der Waals surface area (Å²) in [5.41, 5.74) is 0.327. The topological polar surface area (TPSA) is 98.0 Å². The van der Waals surface area contributed by atoms with Crippen molar-refractivity contribution in [2.75, 3.05) is 6.16 Å². The number of phenols is 2. The van der Waals surface area contributed by atoms with Crippen LogP contribution < -0.4 is 0 Å². The molecule has 0 aliphatic heterocycles. The molecule has 6 heteroatoms. The predicted molar refractivity (Wildman–Crippen MR) is 50.4 cm³/mol. The van der Waals surface area contributed by atoms with Crippen LogP contribution in [0.3, 0.4) is 0 Å². The van der Waals surface area contributed by atoms with Crippen LogP contribution in [0.5, 0.6) is 11.5 Å². The zero-order valence-electron chi connectivity index (χ0n) is 7.29. The first-order valence-corrected chi connectivity index (χ1v) is 5.74. The molecule has 4 N–H and O–H groups in total. The highest BCUT2D eigenvalue weighted by Crippen LogP contribution is 2.37. The van der Waals surface area contributed by atoms with E-state index in [4.69, 9.17) is 14.9 Å². The summed E-state index contributed by atoms with van der Waals surface area (Å²) < 4.78 is 10.6. The van der Waals surface area contributed by atoms with E-state index in [1.54, 1.807) is 0 Å². The van der Waals surface area contributed by atoms with Crippen LogP contribution in [0.4, 0.5) is 0 Å². The molecule has 0 fully saturated rings. The molecular weight excluding hydrogens is 207 g/mol. The Balaban J connectivity index is 2.78. The maximum atomic E-state index is 10.6. The SMILES string of the molecule is O=P(O)(O)CCc1cccc(O)c1O. The van der Waals surface area contributed by atoms with Crippen LogP contribution in [0.1, 0.15) is 5.56 Å². The monoisotopic (exact) mass is 218 g/mol. The summed E-state index contributed by atoms with van der Waals surface area (Å²) in [6.45, 7) is 0. The third kappa shape index (κ3) is 3.03. The van der Waals surface area contributed by atoms with Gasteiger partial charge in [0.05, 0.1) is 6.16 Å². The number of rotatable bonds is 3. The van der Waals surface area contributed by atoms with Gasteiger partial charge in [-0.25, -0.2) is 0 Å². The Morgan fingerprint density at radius 3 is 2.43 bits per heavy atom. The van der Waals surface area contributed by atoms with Crippen LogP contribution in [-0.2, 0) is 11.0 Å². The van der Waals surface area contributed by atoms with Gasteiger partial charge in [0.1, 0.15) is 0 Å². The lowest BCUT2D eigenvalue weighted by atomic mass is 10.1. The lowest BCUT2D eigenvalue weighted by Crippen LogP contribution is -1.94. The van der Waals surface area contributed by atoms with Gasteiger partial charge in [-0.05, 0) is 18.1 Å². The van der Waals surface area contributed by atoms with Crippen molar-refractivity contribution in [3.63, 3.8) is 0 Å². The predicted octanol–water partition coefficient (Wildman–Crippen LogP) is 0.818. The number of aromatic hydroxyl groups is 2. The van der Waals surface area contributed by atoms with Crippen molar-refractivity contribution >= 4 is 7.60 Å². The fraction of sp³-hybridized carbons (Fsp3) is 0.250. The molecule has 0 bridgehead atoms. The molecule has 5 nitrogen and oxygen atoms in total. The van der Waals surface area contributed by atoms with E-state index in [0.717, 1.165) is 0 Å². The van der Waals surface area contributed by atoms with Crippen LogP contribution in [-0.4, -0.2) is 26.2 Å². The van der Waals surface area contributed by atoms with E-state index in [-0.39, 0.29) is 24.1 Å². The zero-order valence-corrected chi connectivity index (χ0v) is 8.19. The van der Waals surface area contributed by atoms with Gasteiger partial charge in [-0.1, -0.05) is 12.1 Å². The number of hydrogen-bond donors (Lipinski definition) is 4. The molecule has 0 spiro atoms. The number of para-hydroxylation sites is 1. The van der Waals surface area contributed by atoms with Crippen molar-refractivity contribution in [2.45, 2.75) is 6.42 Å². The first-order chi connectivity index (χ1) is 6.40. The Morgan fingerprint density at radius 2 is 1.86 bits per heavy atom. The third-order valence-corrected chi connectivity index (χ3v) is 2.58. The van der Waals surface area contributed by atoms with Gasteiger partial charge >= 0.3 is 7.60 Å². The molecule has 0 heterocycles. The number of benzene rings is 1. The quantitative estimate of drug-likeness (QED) is 0.444. The van der Waals surface area contributed by atoms with Gasteiger partial charge in [0.2, 0.25) is 0 Å². The third-order valence-electron chi connectivity index (χ3n) is 1.77. The summed E-state index contributed by atoms with van der Waals surface area (Å²) >= 11 is 0. The average Bonchev–Trinajstić information content (AvgIpc) is 2.06. The Labute approximate surface area is 80.8 Å². The second-order valence-corrected chi connectivity index (χ2v) is 4.70. The van der Waals surface area contributed by atoms with E-state index >= 15 is 0 Å². The van der Waals surface area contributed by atoms with Crippen molar-refractivity contribution < 1.29 is 24.6 Å². The number of phenolic OH excluding ortho intramolecular Hbond substituents is 2. The molecule has 0 amide bonds. The minimum atomic E-state index is -4.06. The van der Waals surface area contributed by atoms with Gasteiger partial charge in [-0.3, -0.25) is 4.57 Å². The second-order valence-electron chi connectivity index (χ2n) is 2.92. The van der Waals surface area contributed by atoms with Gasteiger partial charge < -0.3 is 20.0 Å². The summed E-state index contributed by atoms with van der Waals surface area (Å²) in [7, 11) is -4.06. The van der Waals surface area contributed by atoms with Crippen LogP contribution in [0.25, 0.3) is 0 Å². The van der Waals surface area contributed by atoms with E-state index < -0.39 is 7.60 Å². The van der Waals surface area contributed by atoms with Crippen LogP contribution in [0.15, 0.2) is 18.2 Å². The van der Waals surface area contributed by atoms with Crippen LogP contribution >= 0.6 is 7.60 Å². The smallest absolute Gasteiger partial charge is 0.325 e. The Kier molecular flexibility index (Phi) is 3.16. The maximum Gasteiger partial charge on any atom is 0.325 e. The molecular formula is C8H11O5P. The van der Waals surface area contributed by atoms with E-state index in [1.165, 1.54) is 18.2 Å².